The number of hydrogen-bond donors (Lipinski definition) is 1. The highest BCUT2D eigenvalue weighted by atomic mass is 16.6. The molecule has 1 aliphatic carbocycles. The number of carbonyl (C=O) groups excluding carboxylic acids is 2. The number of anilines is 1. The monoisotopic (exact) mass is 417 g/mol. The van der Waals surface area contributed by atoms with Crippen molar-refractivity contribution in [2.45, 2.75) is 76.7 Å². The fourth-order valence-corrected chi connectivity index (χ4v) is 4.25. The van der Waals surface area contributed by atoms with Crippen molar-refractivity contribution in [3.8, 4) is 5.75 Å². The summed E-state index contributed by atoms with van der Waals surface area (Å²) in [5.41, 5.74) is 0.370. The van der Waals surface area contributed by atoms with Crippen LogP contribution in [0.2, 0.25) is 0 Å². The number of esters is 1. The standard InChI is InChI=1S/C22H31N3O5/c26-21(23-17-10-8-6-4-2-1-3-5-7-9-11-17)15-24-16-22(27)30-20-14-18(25(28)29)12-13-19(20)24/h12-14,17H,1-11,15-16H2,(H,23,26). The lowest BCUT2D eigenvalue weighted by Gasteiger charge is -2.29. The second-order valence-corrected chi connectivity index (χ2v) is 8.26. The average Bonchev–Trinajstić information content (AvgIpc) is 2.69. The number of ether oxygens (including phenoxy) is 1. The number of non-ortho nitro benzene ring substituents is 1. The number of rotatable bonds is 4. The third-order valence-corrected chi connectivity index (χ3v) is 5.84. The molecule has 0 atom stereocenters. The molecule has 0 spiro atoms. The fourth-order valence-electron chi connectivity index (χ4n) is 4.25. The summed E-state index contributed by atoms with van der Waals surface area (Å²) < 4.78 is 5.15. The van der Waals surface area contributed by atoms with E-state index in [2.05, 4.69) is 5.32 Å². The predicted molar refractivity (Wildman–Crippen MR) is 114 cm³/mol. The number of amides is 1. The van der Waals surface area contributed by atoms with E-state index >= 15 is 0 Å². The van der Waals surface area contributed by atoms with Gasteiger partial charge in [-0.2, -0.15) is 0 Å². The Morgan fingerprint density at radius 2 is 1.67 bits per heavy atom. The largest absolute Gasteiger partial charge is 0.423 e. The van der Waals surface area contributed by atoms with Crippen molar-refractivity contribution >= 4 is 23.3 Å². The van der Waals surface area contributed by atoms with Crippen LogP contribution in [0.3, 0.4) is 0 Å². The molecule has 0 unspecified atom stereocenters. The molecule has 1 heterocycles. The van der Waals surface area contributed by atoms with Gasteiger partial charge in [-0.25, -0.2) is 4.79 Å². The van der Waals surface area contributed by atoms with Gasteiger partial charge >= 0.3 is 5.97 Å². The summed E-state index contributed by atoms with van der Waals surface area (Å²) in [6.45, 7) is -0.0285. The normalized spacial score (nSPS) is 19.1. The first-order valence-electron chi connectivity index (χ1n) is 11.1. The topological polar surface area (TPSA) is 102 Å². The zero-order valence-corrected chi connectivity index (χ0v) is 17.4. The molecular formula is C22H31N3O5. The Balaban J connectivity index is 1.60. The first kappa shape index (κ1) is 22.1. The van der Waals surface area contributed by atoms with Gasteiger partial charge in [0.2, 0.25) is 5.91 Å². The SMILES string of the molecule is O=C(CN1CC(=O)Oc2cc([N+](=O)[O-])ccc21)NC1CCCCCCCCCCC1. The Morgan fingerprint density at radius 3 is 2.27 bits per heavy atom. The minimum atomic E-state index is -0.538. The zero-order chi connectivity index (χ0) is 21.3. The van der Waals surface area contributed by atoms with Crippen molar-refractivity contribution in [1.82, 2.24) is 5.32 Å². The molecule has 1 N–H and O–H groups in total. The number of carbonyl (C=O) groups is 2. The zero-order valence-electron chi connectivity index (χ0n) is 17.4. The molecule has 1 aliphatic heterocycles. The molecule has 1 amide bonds. The van der Waals surface area contributed by atoms with Crippen LogP contribution in [0, 0.1) is 10.1 Å². The van der Waals surface area contributed by atoms with E-state index in [4.69, 9.17) is 4.74 Å². The first-order valence-corrected chi connectivity index (χ1v) is 11.1. The molecule has 1 saturated carbocycles. The average molecular weight is 418 g/mol. The number of hydrogen-bond acceptors (Lipinski definition) is 6. The van der Waals surface area contributed by atoms with Crippen molar-refractivity contribution < 1.29 is 19.2 Å². The second kappa shape index (κ2) is 10.9. The lowest BCUT2D eigenvalue weighted by molar-refractivity contribution is -0.384. The Morgan fingerprint density at radius 1 is 1.07 bits per heavy atom. The maximum Gasteiger partial charge on any atom is 0.331 e. The summed E-state index contributed by atoms with van der Waals surface area (Å²) in [5.74, 6) is -0.535. The number of nitro groups is 1. The summed E-state index contributed by atoms with van der Waals surface area (Å²) >= 11 is 0. The minimum absolute atomic E-state index is 0.0242. The summed E-state index contributed by atoms with van der Waals surface area (Å²) in [5, 5.41) is 14.1. The van der Waals surface area contributed by atoms with Crippen molar-refractivity contribution in [1.29, 1.82) is 0 Å². The van der Waals surface area contributed by atoms with Crippen LogP contribution in [-0.2, 0) is 9.59 Å². The van der Waals surface area contributed by atoms with E-state index in [9.17, 15) is 19.7 Å². The number of nitrogens with zero attached hydrogens (tertiary/aromatic N) is 2. The summed E-state index contributed by atoms with van der Waals surface area (Å²) in [6.07, 6.45) is 13.1. The van der Waals surface area contributed by atoms with Crippen LogP contribution in [0.4, 0.5) is 11.4 Å². The van der Waals surface area contributed by atoms with Gasteiger partial charge in [0, 0.05) is 12.1 Å². The van der Waals surface area contributed by atoms with Gasteiger partial charge in [-0.1, -0.05) is 57.8 Å². The van der Waals surface area contributed by atoms with Crippen LogP contribution in [0.25, 0.3) is 0 Å². The highest BCUT2D eigenvalue weighted by Crippen LogP contribution is 2.35. The fraction of sp³-hybridized carbons (Fsp3) is 0.636. The van der Waals surface area contributed by atoms with Crippen LogP contribution in [0.5, 0.6) is 5.75 Å². The molecule has 3 rings (SSSR count). The Bertz CT molecular complexity index is 755. The van der Waals surface area contributed by atoms with Gasteiger partial charge in [-0.05, 0) is 18.9 Å². The van der Waals surface area contributed by atoms with Gasteiger partial charge in [-0.15, -0.1) is 0 Å². The van der Waals surface area contributed by atoms with E-state index in [0.717, 1.165) is 25.7 Å². The van der Waals surface area contributed by atoms with Crippen LogP contribution in [0.1, 0.15) is 70.6 Å². The summed E-state index contributed by atoms with van der Waals surface area (Å²) in [6, 6.07) is 4.27. The molecule has 2 aliphatic rings. The maximum absolute atomic E-state index is 12.7. The van der Waals surface area contributed by atoms with Crippen LogP contribution in [-0.4, -0.2) is 35.9 Å². The number of nitro benzene ring substituents is 1. The van der Waals surface area contributed by atoms with Gasteiger partial charge in [0.25, 0.3) is 5.69 Å². The molecule has 0 radical (unpaired) electrons. The van der Waals surface area contributed by atoms with E-state index < -0.39 is 10.9 Å². The van der Waals surface area contributed by atoms with Gasteiger partial charge in [0.1, 0.15) is 6.54 Å². The van der Waals surface area contributed by atoms with Gasteiger partial charge < -0.3 is 15.0 Å². The van der Waals surface area contributed by atoms with E-state index in [0.29, 0.717) is 5.69 Å². The molecule has 8 nitrogen and oxygen atoms in total. The Kier molecular flexibility index (Phi) is 8.04. The quantitative estimate of drug-likeness (QED) is 0.342. The number of benzene rings is 1. The summed E-state index contributed by atoms with van der Waals surface area (Å²) in [4.78, 5) is 36.7. The molecule has 30 heavy (non-hydrogen) atoms. The van der Waals surface area contributed by atoms with Gasteiger partial charge in [0.15, 0.2) is 5.75 Å². The number of nitrogens with one attached hydrogen (secondary N) is 1. The lowest BCUT2D eigenvalue weighted by Crippen LogP contribution is -2.46. The smallest absolute Gasteiger partial charge is 0.331 e. The molecule has 1 aromatic rings. The van der Waals surface area contributed by atoms with Gasteiger partial charge in [-0.3, -0.25) is 14.9 Å². The molecule has 1 fully saturated rings. The van der Waals surface area contributed by atoms with E-state index in [1.165, 1.54) is 63.1 Å². The Labute approximate surface area is 177 Å². The lowest BCUT2D eigenvalue weighted by atomic mass is 9.98. The van der Waals surface area contributed by atoms with E-state index in [1.54, 1.807) is 4.90 Å². The molecule has 164 valence electrons. The van der Waals surface area contributed by atoms with Gasteiger partial charge in [0.05, 0.1) is 23.2 Å². The third kappa shape index (κ3) is 6.43. The van der Waals surface area contributed by atoms with Crippen molar-refractivity contribution in [3.05, 3.63) is 28.3 Å². The predicted octanol–water partition coefficient (Wildman–Crippen LogP) is 4.11. The Hall–Kier alpha value is -2.64. The second-order valence-electron chi connectivity index (χ2n) is 8.26. The summed E-state index contributed by atoms with van der Waals surface area (Å²) in [7, 11) is 0. The highest BCUT2D eigenvalue weighted by molar-refractivity contribution is 5.89. The van der Waals surface area contributed by atoms with Crippen molar-refractivity contribution in [3.63, 3.8) is 0 Å². The molecule has 1 aromatic carbocycles. The van der Waals surface area contributed by atoms with Crippen LogP contribution in [0.15, 0.2) is 18.2 Å². The highest BCUT2D eigenvalue weighted by Gasteiger charge is 2.28. The molecule has 8 heteroatoms. The van der Waals surface area contributed by atoms with Crippen LogP contribution >= 0.6 is 0 Å². The molecule has 0 aromatic heterocycles. The molecule has 0 saturated heterocycles. The number of fused-ring (bicyclic) bond motifs is 1. The minimum Gasteiger partial charge on any atom is -0.423 e. The maximum atomic E-state index is 12.7. The van der Waals surface area contributed by atoms with E-state index in [-0.39, 0.29) is 36.5 Å². The van der Waals surface area contributed by atoms with Crippen molar-refractivity contribution in [2.75, 3.05) is 18.0 Å². The van der Waals surface area contributed by atoms with Crippen molar-refractivity contribution in [2.24, 2.45) is 0 Å². The van der Waals surface area contributed by atoms with E-state index in [1.807, 2.05) is 0 Å². The first-order chi connectivity index (χ1) is 14.5. The van der Waals surface area contributed by atoms with Crippen LogP contribution < -0.4 is 15.0 Å². The molecule has 0 bridgehead atoms. The molecular weight excluding hydrogens is 386 g/mol. The third-order valence-electron chi connectivity index (χ3n) is 5.84.